The molecule has 0 bridgehead atoms. The van der Waals surface area contributed by atoms with Crippen LogP contribution in [0.5, 0.6) is 0 Å². The van der Waals surface area contributed by atoms with E-state index in [1.807, 2.05) is 6.92 Å². The van der Waals surface area contributed by atoms with Crippen molar-refractivity contribution in [2.45, 2.75) is 29.7 Å². The molecular weight excluding hydrogens is 293 g/mol. The standard InChI is InChI=1S/C12H15F3N2O2S/c1-7(4-5-18)20-8-2-3-9(11(16)17-19)10(6-8)12(13,14)15/h2-3,6-7,18-19H,4-5H2,1H3,(H2,16,17). The fourth-order valence-electron chi connectivity index (χ4n) is 1.58. The quantitative estimate of drug-likeness (QED) is 0.257. The van der Waals surface area contributed by atoms with Crippen molar-refractivity contribution in [1.82, 2.24) is 0 Å². The van der Waals surface area contributed by atoms with E-state index in [4.69, 9.17) is 16.0 Å². The predicted octanol–water partition coefficient (Wildman–Crippen LogP) is 2.66. The fourth-order valence-corrected chi connectivity index (χ4v) is 2.60. The lowest BCUT2D eigenvalue weighted by Crippen LogP contribution is -2.20. The summed E-state index contributed by atoms with van der Waals surface area (Å²) in [7, 11) is 0. The molecular formula is C12H15F3N2O2S. The second kappa shape index (κ2) is 6.85. The molecule has 0 aliphatic carbocycles. The lowest BCUT2D eigenvalue weighted by atomic mass is 10.1. The molecule has 0 heterocycles. The van der Waals surface area contributed by atoms with E-state index in [2.05, 4.69) is 5.16 Å². The third-order valence-corrected chi connectivity index (χ3v) is 3.72. The minimum Gasteiger partial charge on any atom is -0.409 e. The van der Waals surface area contributed by atoms with Crippen LogP contribution in [0.3, 0.4) is 0 Å². The van der Waals surface area contributed by atoms with Crippen LogP contribution in [0.2, 0.25) is 0 Å². The molecule has 0 saturated heterocycles. The van der Waals surface area contributed by atoms with Crippen molar-refractivity contribution < 1.29 is 23.5 Å². The molecule has 0 fully saturated rings. The highest BCUT2D eigenvalue weighted by Crippen LogP contribution is 2.36. The molecule has 0 aromatic heterocycles. The van der Waals surface area contributed by atoms with Crippen LogP contribution >= 0.6 is 11.8 Å². The Morgan fingerprint density at radius 2 is 2.10 bits per heavy atom. The maximum atomic E-state index is 13.0. The summed E-state index contributed by atoms with van der Waals surface area (Å²) in [5, 5.41) is 19.9. The van der Waals surface area contributed by atoms with E-state index in [9.17, 15) is 13.2 Å². The molecule has 0 amide bonds. The smallest absolute Gasteiger partial charge is 0.409 e. The maximum absolute atomic E-state index is 13.0. The number of halogens is 3. The van der Waals surface area contributed by atoms with E-state index >= 15 is 0 Å². The van der Waals surface area contributed by atoms with Crippen LogP contribution in [-0.4, -0.2) is 28.0 Å². The molecule has 0 saturated carbocycles. The molecule has 0 radical (unpaired) electrons. The summed E-state index contributed by atoms with van der Waals surface area (Å²) in [6.07, 6.45) is -4.12. The summed E-state index contributed by atoms with van der Waals surface area (Å²) < 4.78 is 38.9. The molecule has 20 heavy (non-hydrogen) atoms. The van der Waals surface area contributed by atoms with Gasteiger partial charge in [0.05, 0.1) is 5.56 Å². The minimum absolute atomic E-state index is 0.0178. The number of aliphatic hydroxyl groups excluding tert-OH is 1. The van der Waals surface area contributed by atoms with Crippen LogP contribution in [-0.2, 0) is 6.18 Å². The first kappa shape index (κ1) is 16.6. The number of hydrogen-bond donors (Lipinski definition) is 3. The first-order valence-corrected chi connectivity index (χ1v) is 6.64. The van der Waals surface area contributed by atoms with Crippen molar-refractivity contribution >= 4 is 17.6 Å². The van der Waals surface area contributed by atoms with Gasteiger partial charge in [0, 0.05) is 22.3 Å². The highest BCUT2D eigenvalue weighted by atomic mass is 32.2. The highest BCUT2D eigenvalue weighted by molar-refractivity contribution is 7.99. The Hall–Kier alpha value is -1.41. The number of benzene rings is 1. The molecule has 8 heteroatoms. The van der Waals surface area contributed by atoms with Crippen molar-refractivity contribution in [3.05, 3.63) is 29.3 Å². The number of oxime groups is 1. The van der Waals surface area contributed by atoms with Gasteiger partial charge < -0.3 is 16.0 Å². The number of hydrogen-bond acceptors (Lipinski definition) is 4. The van der Waals surface area contributed by atoms with Crippen LogP contribution in [0.1, 0.15) is 24.5 Å². The van der Waals surface area contributed by atoms with Crippen LogP contribution in [0.4, 0.5) is 13.2 Å². The molecule has 0 aliphatic rings. The van der Waals surface area contributed by atoms with Gasteiger partial charge in [0.25, 0.3) is 0 Å². The van der Waals surface area contributed by atoms with Gasteiger partial charge in [-0.05, 0) is 24.6 Å². The van der Waals surface area contributed by atoms with Gasteiger partial charge in [-0.3, -0.25) is 0 Å². The van der Waals surface area contributed by atoms with Gasteiger partial charge in [0.1, 0.15) is 0 Å². The fraction of sp³-hybridized carbons (Fsp3) is 0.417. The Labute approximate surface area is 118 Å². The first-order valence-electron chi connectivity index (χ1n) is 5.76. The zero-order chi connectivity index (χ0) is 15.3. The lowest BCUT2D eigenvalue weighted by molar-refractivity contribution is -0.137. The Balaban J connectivity index is 3.15. The largest absolute Gasteiger partial charge is 0.417 e. The van der Waals surface area contributed by atoms with E-state index in [1.165, 1.54) is 23.9 Å². The van der Waals surface area contributed by atoms with Gasteiger partial charge in [-0.15, -0.1) is 11.8 Å². The lowest BCUT2D eigenvalue weighted by Gasteiger charge is -2.15. The second-order valence-corrected chi connectivity index (χ2v) is 5.64. The molecule has 112 valence electrons. The molecule has 0 aliphatic heterocycles. The molecule has 1 aromatic rings. The zero-order valence-electron chi connectivity index (χ0n) is 10.7. The third-order valence-electron chi connectivity index (χ3n) is 2.55. The number of alkyl halides is 3. The monoisotopic (exact) mass is 308 g/mol. The maximum Gasteiger partial charge on any atom is 0.417 e. The Kier molecular flexibility index (Phi) is 5.70. The average Bonchev–Trinajstić information content (AvgIpc) is 2.37. The topological polar surface area (TPSA) is 78.8 Å². The van der Waals surface area contributed by atoms with E-state index < -0.39 is 17.6 Å². The van der Waals surface area contributed by atoms with Gasteiger partial charge in [-0.25, -0.2) is 0 Å². The van der Waals surface area contributed by atoms with Gasteiger partial charge in [0.2, 0.25) is 0 Å². The van der Waals surface area contributed by atoms with Crippen molar-refractivity contribution in [2.24, 2.45) is 10.9 Å². The van der Waals surface area contributed by atoms with Crippen molar-refractivity contribution in [2.75, 3.05) is 6.61 Å². The predicted molar refractivity (Wildman–Crippen MR) is 71.0 cm³/mol. The van der Waals surface area contributed by atoms with E-state index in [0.29, 0.717) is 11.3 Å². The number of nitrogens with zero attached hydrogens (tertiary/aromatic N) is 1. The summed E-state index contributed by atoms with van der Waals surface area (Å²) >= 11 is 1.22. The zero-order valence-corrected chi connectivity index (χ0v) is 11.5. The summed E-state index contributed by atoms with van der Waals surface area (Å²) in [4.78, 5) is 0.410. The molecule has 0 spiro atoms. The highest BCUT2D eigenvalue weighted by Gasteiger charge is 2.34. The molecule has 1 unspecified atom stereocenters. The average molecular weight is 308 g/mol. The summed E-state index contributed by atoms with van der Waals surface area (Å²) in [5.41, 5.74) is 3.94. The van der Waals surface area contributed by atoms with Gasteiger partial charge >= 0.3 is 6.18 Å². The summed E-state index contributed by atoms with van der Waals surface area (Å²) in [6.45, 7) is 1.79. The van der Waals surface area contributed by atoms with Crippen LogP contribution in [0, 0.1) is 0 Å². The summed E-state index contributed by atoms with van der Waals surface area (Å²) in [6, 6.07) is 3.61. The Morgan fingerprint density at radius 3 is 2.60 bits per heavy atom. The Bertz CT molecular complexity index is 492. The van der Waals surface area contributed by atoms with Gasteiger partial charge in [0.15, 0.2) is 5.84 Å². The van der Waals surface area contributed by atoms with E-state index in [1.54, 1.807) is 0 Å². The van der Waals surface area contributed by atoms with Crippen molar-refractivity contribution in [3.63, 3.8) is 0 Å². The SMILES string of the molecule is CC(CCO)Sc1ccc(C(N)=NO)c(C(F)(F)F)c1. The molecule has 4 nitrogen and oxygen atoms in total. The first-order chi connectivity index (χ1) is 9.29. The van der Waals surface area contributed by atoms with Crippen molar-refractivity contribution in [3.8, 4) is 0 Å². The normalized spacial score (nSPS) is 14.3. The van der Waals surface area contributed by atoms with Gasteiger partial charge in [-0.1, -0.05) is 12.1 Å². The summed E-state index contributed by atoms with van der Waals surface area (Å²) in [5.74, 6) is -0.586. The number of nitrogens with two attached hydrogens (primary N) is 1. The minimum atomic E-state index is -4.60. The number of amidine groups is 1. The number of thioether (sulfide) groups is 1. The molecule has 1 rings (SSSR count). The molecule has 1 atom stereocenters. The van der Waals surface area contributed by atoms with Crippen LogP contribution < -0.4 is 5.73 Å². The Morgan fingerprint density at radius 1 is 1.45 bits per heavy atom. The van der Waals surface area contributed by atoms with Gasteiger partial charge in [-0.2, -0.15) is 13.2 Å². The van der Waals surface area contributed by atoms with Crippen LogP contribution in [0.15, 0.2) is 28.3 Å². The third kappa shape index (κ3) is 4.31. The number of rotatable bonds is 5. The number of aliphatic hydroxyl groups is 1. The van der Waals surface area contributed by atoms with Crippen molar-refractivity contribution in [1.29, 1.82) is 0 Å². The van der Waals surface area contributed by atoms with E-state index in [0.717, 1.165) is 6.07 Å². The van der Waals surface area contributed by atoms with Crippen LogP contribution in [0.25, 0.3) is 0 Å². The van der Waals surface area contributed by atoms with E-state index in [-0.39, 0.29) is 17.4 Å². The second-order valence-electron chi connectivity index (χ2n) is 4.13. The molecule has 4 N–H and O–H groups in total. The molecule has 1 aromatic carbocycles.